The van der Waals surface area contributed by atoms with E-state index in [2.05, 4.69) is 10.3 Å². The van der Waals surface area contributed by atoms with Crippen LogP contribution in [0.1, 0.15) is 5.69 Å². The van der Waals surface area contributed by atoms with Crippen molar-refractivity contribution < 1.29 is 9.59 Å². The highest BCUT2D eigenvalue weighted by molar-refractivity contribution is 7.13. The van der Waals surface area contributed by atoms with Crippen LogP contribution in [0.15, 0.2) is 29.6 Å². The van der Waals surface area contributed by atoms with Crippen LogP contribution < -0.4 is 10.2 Å². The number of hydrogen-bond donors (Lipinski definition) is 1. The molecule has 1 N–H and O–H groups in total. The van der Waals surface area contributed by atoms with Crippen molar-refractivity contribution in [2.24, 2.45) is 0 Å². The molecule has 1 aromatic heterocycles. The largest absolute Gasteiger partial charge is 0.325 e. The minimum absolute atomic E-state index is 0.00846. The molecule has 1 fully saturated rings. The molecule has 3 amide bonds. The van der Waals surface area contributed by atoms with Gasteiger partial charge in [0, 0.05) is 29.2 Å². The fourth-order valence-electron chi connectivity index (χ4n) is 2.36. The fraction of sp³-hybridized carbons (Fsp3) is 0.267. The summed E-state index contributed by atoms with van der Waals surface area (Å²) in [4.78, 5) is 31.8. The van der Waals surface area contributed by atoms with E-state index in [9.17, 15) is 9.59 Å². The molecule has 2 aromatic rings. The van der Waals surface area contributed by atoms with E-state index in [1.165, 1.54) is 16.2 Å². The zero-order valence-electron chi connectivity index (χ0n) is 12.5. The summed E-state index contributed by atoms with van der Waals surface area (Å²) in [6.07, 6.45) is 0. The number of urea groups is 1. The average Bonchev–Trinajstić information content (AvgIpc) is 3.06. The Bertz CT molecular complexity index is 749. The first-order valence-corrected chi connectivity index (χ1v) is 8.32. The summed E-state index contributed by atoms with van der Waals surface area (Å²) in [6, 6.07) is 6.92. The number of nitrogens with zero attached hydrogens (tertiary/aromatic N) is 3. The summed E-state index contributed by atoms with van der Waals surface area (Å²) in [7, 11) is 0. The summed E-state index contributed by atoms with van der Waals surface area (Å²) in [5.74, 6) is -0.249. The third kappa shape index (κ3) is 3.62. The quantitative estimate of drug-likeness (QED) is 0.921. The lowest BCUT2D eigenvalue weighted by atomic mass is 10.3. The molecule has 120 valence electrons. The zero-order chi connectivity index (χ0) is 16.4. The molecule has 0 spiro atoms. The van der Waals surface area contributed by atoms with Gasteiger partial charge < -0.3 is 10.2 Å². The lowest BCUT2D eigenvalue weighted by molar-refractivity contribution is -0.116. The van der Waals surface area contributed by atoms with Crippen molar-refractivity contribution in [3.63, 3.8) is 0 Å². The van der Waals surface area contributed by atoms with Gasteiger partial charge in [0.1, 0.15) is 6.54 Å². The summed E-state index contributed by atoms with van der Waals surface area (Å²) in [5.41, 5.74) is 1.59. The first-order valence-electron chi connectivity index (χ1n) is 7.07. The van der Waals surface area contributed by atoms with E-state index < -0.39 is 0 Å². The molecule has 23 heavy (non-hydrogen) atoms. The lowest BCUT2D eigenvalue weighted by Gasteiger charge is -2.18. The molecule has 0 aliphatic carbocycles. The molecule has 0 radical (unpaired) electrons. The molecule has 0 bridgehead atoms. The smallest absolute Gasteiger partial charge is 0.313 e. The van der Waals surface area contributed by atoms with Gasteiger partial charge >= 0.3 is 6.03 Å². The number of halogens is 1. The van der Waals surface area contributed by atoms with Crippen LogP contribution in [0.4, 0.5) is 15.6 Å². The maximum atomic E-state index is 12.4. The number of thiazole rings is 1. The van der Waals surface area contributed by atoms with E-state index in [1.54, 1.807) is 23.1 Å². The van der Waals surface area contributed by atoms with Crippen LogP contribution >= 0.6 is 22.9 Å². The highest BCUT2D eigenvalue weighted by Crippen LogP contribution is 2.23. The third-order valence-corrected chi connectivity index (χ3v) is 4.53. The van der Waals surface area contributed by atoms with Crippen LogP contribution in [0.3, 0.4) is 0 Å². The summed E-state index contributed by atoms with van der Waals surface area (Å²) in [6.45, 7) is 2.89. The summed E-state index contributed by atoms with van der Waals surface area (Å²) < 4.78 is 0. The molecule has 1 saturated heterocycles. The topological polar surface area (TPSA) is 65.5 Å². The van der Waals surface area contributed by atoms with Gasteiger partial charge in [0.25, 0.3) is 0 Å². The number of carbonyl (C=O) groups excluding carboxylic acids is 2. The second-order valence-corrected chi connectivity index (χ2v) is 6.47. The van der Waals surface area contributed by atoms with Crippen LogP contribution in [0.25, 0.3) is 0 Å². The number of amides is 3. The van der Waals surface area contributed by atoms with Crippen molar-refractivity contribution in [1.82, 2.24) is 9.88 Å². The Kier molecular flexibility index (Phi) is 4.49. The first kappa shape index (κ1) is 15.8. The molecular formula is C15H15ClN4O2S. The highest BCUT2D eigenvalue weighted by atomic mass is 35.5. The van der Waals surface area contributed by atoms with Gasteiger partial charge in [-0.05, 0) is 25.1 Å². The minimum atomic E-state index is -0.249. The predicted octanol–water partition coefficient (Wildman–Crippen LogP) is 2.99. The fourth-order valence-corrected chi connectivity index (χ4v) is 3.25. The molecule has 2 heterocycles. The van der Waals surface area contributed by atoms with Crippen LogP contribution in [-0.4, -0.2) is 41.5 Å². The number of benzene rings is 1. The average molecular weight is 351 g/mol. The van der Waals surface area contributed by atoms with E-state index in [4.69, 9.17) is 11.6 Å². The maximum Gasteiger partial charge on any atom is 0.325 e. The number of carbonyl (C=O) groups is 2. The number of nitrogens with one attached hydrogen (secondary N) is 1. The number of aromatic nitrogens is 1. The van der Waals surface area contributed by atoms with Gasteiger partial charge in [-0.2, -0.15) is 0 Å². The van der Waals surface area contributed by atoms with Gasteiger partial charge in [0.2, 0.25) is 5.91 Å². The third-order valence-electron chi connectivity index (χ3n) is 3.41. The van der Waals surface area contributed by atoms with Crippen LogP contribution in [0, 0.1) is 6.92 Å². The van der Waals surface area contributed by atoms with Crippen molar-refractivity contribution in [3.8, 4) is 0 Å². The van der Waals surface area contributed by atoms with Crippen molar-refractivity contribution in [2.45, 2.75) is 6.92 Å². The van der Waals surface area contributed by atoms with Gasteiger partial charge in [-0.25, -0.2) is 9.78 Å². The van der Waals surface area contributed by atoms with Crippen LogP contribution in [-0.2, 0) is 4.79 Å². The second kappa shape index (κ2) is 6.55. The molecule has 6 nitrogen and oxygen atoms in total. The SMILES string of the molecule is Cc1csc(NC(=O)CN2CCN(c3cccc(Cl)c3)C2=O)n1. The van der Waals surface area contributed by atoms with Gasteiger partial charge in [0.15, 0.2) is 5.13 Å². The predicted molar refractivity (Wildman–Crippen MR) is 91.2 cm³/mol. The highest BCUT2D eigenvalue weighted by Gasteiger charge is 2.31. The standard InChI is InChI=1S/C15H15ClN4O2S/c1-10-9-23-14(17-10)18-13(21)8-19-5-6-20(15(19)22)12-4-2-3-11(16)7-12/h2-4,7,9H,5-6,8H2,1H3,(H,17,18,21). The van der Waals surface area contributed by atoms with E-state index in [-0.39, 0.29) is 18.5 Å². The Morgan fingerprint density at radius 1 is 1.43 bits per heavy atom. The first-order chi connectivity index (χ1) is 11.0. The Hall–Kier alpha value is -2.12. The van der Waals surface area contributed by atoms with Crippen LogP contribution in [0.5, 0.6) is 0 Å². The number of rotatable bonds is 4. The minimum Gasteiger partial charge on any atom is -0.313 e. The second-order valence-electron chi connectivity index (χ2n) is 5.18. The molecule has 0 atom stereocenters. The van der Waals surface area contributed by atoms with E-state index >= 15 is 0 Å². The molecule has 1 aromatic carbocycles. The molecule has 8 heteroatoms. The van der Waals surface area contributed by atoms with Crippen LogP contribution in [0.2, 0.25) is 5.02 Å². The Balaban J connectivity index is 1.61. The molecule has 0 saturated carbocycles. The molecular weight excluding hydrogens is 336 g/mol. The van der Waals surface area contributed by atoms with Gasteiger partial charge in [0.05, 0.1) is 5.69 Å². The lowest BCUT2D eigenvalue weighted by Crippen LogP contribution is -2.37. The number of hydrogen-bond acceptors (Lipinski definition) is 4. The molecule has 1 aliphatic heterocycles. The normalized spacial score (nSPS) is 14.4. The van der Waals surface area contributed by atoms with Crippen molar-refractivity contribution in [3.05, 3.63) is 40.4 Å². The number of aryl methyl sites for hydroxylation is 1. The van der Waals surface area contributed by atoms with E-state index in [0.717, 1.165) is 11.4 Å². The Morgan fingerprint density at radius 3 is 2.96 bits per heavy atom. The monoisotopic (exact) mass is 350 g/mol. The molecule has 0 unspecified atom stereocenters. The molecule has 3 rings (SSSR count). The zero-order valence-corrected chi connectivity index (χ0v) is 14.0. The summed E-state index contributed by atoms with van der Waals surface area (Å²) >= 11 is 7.33. The Labute approximate surface area is 142 Å². The van der Waals surface area contributed by atoms with Crippen molar-refractivity contribution in [2.75, 3.05) is 29.9 Å². The van der Waals surface area contributed by atoms with Crippen molar-refractivity contribution >= 4 is 45.7 Å². The van der Waals surface area contributed by atoms with Gasteiger partial charge in [-0.15, -0.1) is 11.3 Å². The van der Waals surface area contributed by atoms with Gasteiger partial charge in [-0.1, -0.05) is 17.7 Å². The Morgan fingerprint density at radius 2 is 2.26 bits per heavy atom. The van der Waals surface area contributed by atoms with Crippen molar-refractivity contribution in [1.29, 1.82) is 0 Å². The van der Waals surface area contributed by atoms with Gasteiger partial charge in [-0.3, -0.25) is 9.69 Å². The van der Waals surface area contributed by atoms with E-state index in [1.807, 2.05) is 18.4 Å². The summed E-state index contributed by atoms with van der Waals surface area (Å²) in [5, 5.41) is 5.69. The van der Waals surface area contributed by atoms with E-state index in [0.29, 0.717) is 23.2 Å². The maximum absolute atomic E-state index is 12.4. The molecule has 1 aliphatic rings. The number of anilines is 2.